The van der Waals surface area contributed by atoms with E-state index in [9.17, 15) is 4.79 Å². The van der Waals surface area contributed by atoms with E-state index in [1.807, 2.05) is 6.92 Å². The minimum absolute atomic E-state index is 0.0721. The Hall–Kier alpha value is -1.30. The van der Waals surface area contributed by atoms with Crippen LogP contribution in [0.5, 0.6) is 0 Å². The molecule has 3 N–H and O–H groups in total. The van der Waals surface area contributed by atoms with E-state index in [1.165, 1.54) is 0 Å². The summed E-state index contributed by atoms with van der Waals surface area (Å²) in [6.45, 7) is 3.14. The molecule has 2 heterocycles. The number of oxime groups is 1. The minimum Gasteiger partial charge on any atom is -0.409 e. The quantitative estimate of drug-likeness (QED) is 0.312. The molecule has 2 aliphatic heterocycles. The van der Waals surface area contributed by atoms with Gasteiger partial charge in [0.15, 0.2) is 5.84 Å². The van der Waals surface area contributed by atoms with Crippen molar-refractivity contribution in [3.8, 4) is 0 Å². The number of hydrogen-bond acceptors (Lipinski definition) is 4. The van der Waals surface area contributed by atoms with Crippen molar-refractivity contribution in [2.75, 3.05) is 13.2 Å². The first kappa shape index (κ1) is 12.2. The monoisotopic (exact) mass is 241 g/mol. The maximum atomic E-state index is 12.3. The molecule has 0 aliphatic carbocycles. The van der Waals surface area contributed by atoms with E-state index >= 15 is 0 Å². The third-order valence-corrected chi connectivity index (χ3v) is 3.54. The van der Waals surface area contributed by atoms with Crippen LogP contribution in [0.3, 0.4) is 0 Å². The molecule has 17 heavy (non-hydrogen) atoms. The molecular weight excluding hydrogens is 222 g/mol. The Morgan fingerprint density at radius 1 is 1.59 bits per heavy atom. The summed E-state index contributed by atoms with van der Waals surface area (Å²) < 4.78 is 5.41. The summed E-state index contributed by atoms with van der Waals surface area (Å²) in [7, 11) is 0. The fourth-order valence-corrected chi connectivity index (χ4v) is 2.63. The average Bonchev–Trinajstić information content (AvgIpc) is 2.95. The number of nitrogens with two attached hydrogens (primary N) is 1. The standard InChI is InChI=1S/C11H19N3O3/c1-7-5-8(6-17-7)11(15)14-4-2-3-9(14)10(12)13-16/h7-9,16H,2-6H2,1H3,(H2,12,13). The Kier molecular flexibility index (Phi) is 3.51. The van der Waals surface area contributed by atoms with E-state index in [0.29, 0.717) is 13.2 Å². The molecule has 0 aromatic rings. The maximum Gasteiger partial charge on any atom is 0.228 e. The number of likely N-dealkylation sites (tertiary alicyclic amines) is 1. The van der Waals surface area contributed by atoms with Gasteiger partial charge in [0.05, 0.1) is 24.7 Å². The summed E-state index contributed by atoms with van der Waals surface area (Å²) in [6, 6.07) is -0.247. The lowest BCUT2D eigenvalue weighted by Gasteiger charge is -2.25. The number of nitrogens with zero attached hydrogens (tertiary/aromatic N) is 2. The van der Waals surface area contributed by atoms with Gasteiger partial charge in [0.25, 0.3) is 0 Å². The van der Waals surface area contributed by atoms with Crippen LogP contribution >= 0.6 is 0 Å². The van der Waals surface area contributed by atoms with Crippen molar-refractivity contribution >= 4 is 11.7 Å². The van der Waals surface area contributed by atoms with Crippen molar-refractivity contribution in [1.82, 2.24) is 4.90 Å². The predicted octanol–water partition coefficient (Wildman–Crippen LogP) is 0.149. The predicted molar refractivity (Wildman–Crippen MR) is 61.7 cm³/mol. The molecule has 6 nitrogen and oxygen atoms in total. The zero-order valence-electron chi connectivity index (χ0n) is 10.0. The number of amidine groups is 1. The summed E-state index contributed by atoms with van der Waals surface area (Å²) in [4.78, 5) is 14.0. The summed E-state index contributed by atoms with van der Waals surface area (Å²) >= 11 is 0. The molecule has 3 unspecified atom stereocenters. The Morgan fingerprint density at radius 2 is 2.35 bits per heavy atom. The van der Waals surface area contributed by atoms with Crippen LogP contribution in [0, 0.1) is 5.92 Å². The lowest BCUT2D eigenvalue weighted by Crippen LogP contribution is -2.46. The molecule has 0 radical (unpaired) electrons. The van der Waals surface area contributed by atoms with Crippen LogP contribution in [0.4, 0.5) is 0 Å². The minimum atomic E-state index is -0.247. The molecular formula is C11H19N3O3. The summed E-state index contributed by atoms with van der Waals surface area (Å²) in [5.74, 6) is 0.128. The second-order valence-electron chi connectivity index (χ2n) is 4.79. The molecule has 0 aromatic heterocycles. The Morgan fingerprint density at radius 3 is 2.94 bits per heavy atom. The van der Waals surface area contributed by atoms with Gasteiger partial charge in [0.2, 0.25) is 5.91 Å². The van der Waals surface area contributed by atoms with Crippen LogP contribution in [-0.4, -0.2) is 47.1 Å². The van der Waals surface area contributed by atoms with Crippen molar-refractivity contribution in [3.63, 3.8) is 0 Å². The van der Waals surface area contributed by atoms with Crippen LogP contribution in [0.1, 0.15) is 26.2 Å². The topological polar surface area (TPSA) is 88.2 Å². The molecule has 2 rings (SSSR count). The molecule has 0 spiro atoms. The summed E-state index contributed by atoms with van der Waals surface area (Å²) in [5.41, 5.74) is 5.61. The molecule has 2 saturated heterocycles. The zero-order chi connectivity index (χ0) is 12.4. The molecule has 2 fully saturated rings. The van der Waals surface area contributed by atoms with E-state index in [2.05, 4.69) is 5.16 Å². The van der Waals surface area contributed by atoms with Gasteiger partial charge in [-0.05, 0) is 26.2 Å². The fraction of sp³-hybridized carbons (Fsp3) is 0.818. The molecule has 0 saturated carbocycles. The highest BCUT2D eigenvalue weighted by Gasteiger charge is 2.38. The molecule has 0 bridgehead atoms. The molecule has 3 atom stereocenters. The number of rotatable bonds is 2. The van der Waals surface area contributed by atoms with Crippen molar-refractivity contribution < 1.29 is 14.7 Å². The number of ether oxygens (including phenoxy) is 1. The highest BCUT2D eigenvalue weighted by atomic mass is 16.5. The lowest BCUT2D eigenvalue weighted by atomic mass is 10.0. The van der Waals surface area contributed by atoms with Gasteiger partial charge >= 0.3 is 0 Å². The fourth-order valence-electron chi connectivity index (χ4n) is 2.63. The van der Waals surface area contributed by atoms with Crippen molar-refractivity contribution in [1.29, 1.82) is 0 Å². The number of carbonyl (C=O) groups excluding carboxylic acids is 1. The number of carbonyl (C=O) groups is 1. The second-order valence-corrected chi connectivity index (χ2v) is 4.79. The molecule has 6 heteroatoms. The van der Waals surface area contributed by atoms with Crippen LogP contribution in [0.25, 0.3) is 0 Å². The van der Waals surface area contributed by atoms with Crippen molar-refractivity contribution in [3.05, 3.63) is 0 Å². The van der Waals surface area contributed by atoms with Gasteiger partial charge in [-0.15, -0.1) is 0 Å². The first-order valence-electron chi connectivity index (χ1n) is 6.03. The first-order chi connectivity index (χ1) is 8.13. The largest absolute Gasteiger partial charge is 0.409 e. The first-order valence-corrected chi connectivity index (χ1v) is 6.03. The molecule has 2 aliphatic rings. The number of amides is 1. The van der Waals surface area contributed by atoms with E-state index < -0.39 is 0 Å². The van der Waals surface area contributed by atoms with Crippen LogP contribution in [-0.2, 0) is 9.53 Å². The summed E-state index contributed by atoms with van der Waals surface area (Å²) in [6.07, 6.45) is 2.58. The second kappa shape index (κ2) is 4.91. The summed E-state index contributed by atoms with van der Waals surface area (Å²) in [5, 5.41) is 11.7. The van der Waals surface area contributed by atoms with E-state index in [4.69, 9.17) is 15.7 Å². The Bertz CT molecular complexity index is 332. The number of hydrogen-bond donors (Lipinski definition) is 2. The highest BCUT2D eigenvalue weighted by molar-refractivity contribution is 5.91. The normalized spacial score (nSPS) is 34.3. The van der Waals surface area contributed by atoms with Crippen LogP contribution in [0.15, 0.2) is 5.16 Å². The van der Waals surface area contributed by atoms with E-state index in [1.54, 1.807) is 4.90 Å². The van der Waals surface area contributed by atoms with Gasteiger partial charge < -0.3 is 20.6 Å². The van der Waals surface area contributed by atoms with Gasteiger partial charge in [-0.25, -0.2) is 0 Å². The van der Waals surface area contributed by atoms with Crippen LogP contribution in [0.2, 0.25) is 0 Å². The molecule has 96 valence electrons. The lowest BCUT2D eigenvalue weighted by molar-refractivity contribution is -0.135. The SMILES string of the molecule is CC1CC(C(=O)N2CCCC2C(N)=NO)CO1. The van der Waals surface area contributed by atoms with Gasteiger partial charge in [-0.3, -0.25) is 4.79 Å². The van der Waals surface area contributed by atoms with Crippen molar-refractivity contribution in [2.24, 2.45) is 16.8 Å². The highest BCUT2D eigenvalue weighted by Crippen LogP contribution is 2.26. The Labute approximate surface area is 100 Å². The third kappa shape index (κ3) is 2.36. The van der Waals surface area contributed by atoms with Gasteiger partial charge in [-0.1, -0.05) is 5.16 Å². The average molecular weight is 241 g/mol. The van der Waals surface area contributed by atoms with E-state index in [0.717, 1.165) is 19.3 Å². The van der Waals surface area contributed by atoms with Crippen molar-refractivity contribution in [2.45, 2.75) is 38.3 Å². The third-order valence-electron chi connectivity index (χ3n) is 3.54. The smallest absolute Gasteiger partial charge is 0.228 e. The zero-order valence-corrected chi connectivity index (χ0v) is 10.0. The van der Waals surface area contributed by atoms with E-state index in [-0.39, 0.29) is 29.8 Å². The molecule has 1 amide bonds. The van der Waals surface area contributed by atoms with Gasteiger partial charge in [0, 0.05) is 6.54 Å². The van der Waals surface area contributed by atoms with Crippen LogP contribution < -0.4 is 5.73 Å². The van der Waals surface area contributed by atoms with Gasteiger partial charge in [0.1, 0.15) is 0 Å². The Balaban J connectivity index is 2.03. The van der Waals surface area contributed by atoms with Gasteiger partial charge in [-0.2, -0.15) is 0 Å². The maximum absolute atomic E-state index is 12.3. The molecule has 0 aromatic carbocycles.